The molecule has 1 saturated carbocycles. The zero-order chi connectivity index (χ0) is 14.8. The Labute approximate surface area is 126 Å². The van der Waals surface area contributed by atoms with Gasteiger partial charge in [0.05, 0.1) is 5.69 Å². The summed E-state index contributed by atoms with van der Waals surface area (Å²) in [5, 5.41) is 8.73. The zero-order valence-electron chi connectivity index (χ0n) is 13.2. The van der Waals surface area contributed by atoms with Crippen LogP contribution in [0.4, 0.5) is 5.69 Å². The number of rotatable bonds is 4. The maximum absolute atomic E-state index is 6.05. The lowest BCUT2D eigenvalue weighted by molar-refractivity contribution is 0.298. The van der Waals surface area contributed by atoms with Crippen LogP contribution in [0.5, 0.6) is 0 Å². The molecule has 2 heterocycles. The van der Waals surface area contributed by atoms with Gasteiger partial charge in [-0.3, -0.25) is 4.40 Å². The number of nitrogens with two attached hydrogens (primary N) is 1. The molecule has 0 aromatic carbocycles. The second-order valence-electron chi connectivity index (χ2n) is 6.58. The molecule has 0 amide bonds. The van der Waals surface area contributed by atoms with Gasteiger partial charge in [-0.05, 0) is 50.2 Å². The maximum atomic E-state index is 6.05. The first-order valence-corrected chi connectivity index (χ1v) is 8.29. The normalized spacial score (nSPS) is 22.8. The van der Waals surface area contributed by atoms with Crippen molar-refractivity contribution in [2.24, 2.45) is 5.92 Å². The molecule has 0 unspecified atom stereocenters. The summed E-state index contributed by atoms with van der Waals surface area (Å²) in [7, 11) is 0. The van der Waals surface area contributed by atoms with E-state index < -0.39 is 0 Å². The molecular formula is C17H26N4. The molecule has 1 fully saturated rings. The van der Waals surface area contributed by atoms with E-state index >= 15 is 0 Å². The van der Waals surface area contributed by atoms with Gasteiger partial charge in [0.25, 0.3) is 0 Å². The molecule has 0 saturated heterocycles. The Kier molecular flexibility index (Phi) is 4.13. The van der Waals surface area contributed by atoms with Crippen molar-refractivity contribution in [3.8, 4) is 0 Å². The number of pyridine rings is 1. The molecule has 0 bridgehead atoms. The van der Waals surface area contributed by atoms with E-state index in [2.05, 4.69) is 34.6 Å². The summed E-state index contributed by atoms with van der Waals surface area (Å²) in [6, 6.07) is 1.97. The van der Waals surface area contributed by atoms with Crippen molar-refractivity contribution in [1.29, 1.82) is 0 Å². The van der Waals surface area contributed by atoms with Gasteiger partial charge in [0.15, 0.2) is 5.65 Å². The van der Waals surface area contributed by atoms with Gasteiger partial charge in [-0.2, -0.15) is 0 Å². The molecule has 4 heteroatoms. The van der Waals surface area contributed by atoms with Crippen LogP contribution < -0.4 is 5.73 Å². The first kappa shape index (κ1) is 14.4. The molecule has 0 radical (unpaired) electrons. The van der Waals surface area contributed by atoms with Crippen LogP contribution in [0.2, 0.25) is 0 Å². The lowest BCUT2D eigenvalue weighted by Crippen LogP contribution is -2.15. The van der Waals surface area contributed by atoms with E-state index in [1.165, 1.54) is 44.9 Å². The fourth-order valence-electron chi connectivity index (χ4n) is 3.66. The van der Waals surface area contributed by atoms with Crippen LogP contribution in [0.15, 0.2) is 12.3 Å². The molecule has 1 aliphatic rings. The summed E-state index contributed by atoms with van der Waals surface area (Å²) >= 11 is 0. The molecule has 3 rings (SSSR count). The van der Waals surface area contributed by atoms with Crippen molar-refractivity contribution < 1.29 is 0 Å². The van der Waals surface area contributed by atoms with Crippen LogP contribution in [0, 0.1) is 12.8 Å². The van der Waals surface area contributed by atoms with Gasteiger partial charge in [0.1, 0.15) is 5.82 Å². The van der Waals surface area contributed by atoms with Crippen molar-refractivity contribution in [3.63, 3.8) is 0 Å². The van der Waals surface area contributed by atoms with Gasteiger partial charge in [-0.25, -0.2) is 0 Å². The highest BCUT2D eigenvalue weighted by atomic mass is 15.3. The fourth-order valence-corrected chi connectivity index (χ4v) is 3.66. The van der Waals surface area contributed by atoms with E-state index in [4.69, 9.17) is 5.73 Å². The monoisotopic (exact) mass is 286 g/mol. The van der Waals surface area contributed by atoms with Gasteiger partial charge >= 0.3 is 0 Å². The van der Waals surface area contributed by atoms with E-state index in [1.54, 1.807) is 0 Å². The standard InChI is InChI=1S/C17H26N4/c1-3-4-5-13-6-8-14(9-7-13)16-19-20-17-15(18)10-12(2)11-21(16)17/h10-11,13-14H,3-9,18H2,1-2H3. The Morgan fingerprint density at radius 2 is 2.00 bits per heavy atom. The largest absolute Gasteiger partial charge is 0.396 e. The first-order valence-electron chi connectivity index (χ1n) is 8.29. The van der Waals surface area contributed by atoms with Crippen molar-refractivity contribution in [1.82, 2.24) is 14.6 Å². The SMILES string of the molecule is CCCCC1CCC(c2nnc3c(N)cc(C)cn23)CC1. The van der Waals surface area contributed by atoms with E-state index in [0.717, 1.165) is 28.6 Å². The highest BCUT2D eigenvalue weighted by molar-refractivity contribution is 5.65. The highest BCUT2D eigenvalue weighted by Crippen LogP contribution is 2.37. The number of aromatic nitrogens is 3. The molecule has 114 valence electrons. The molecule has 0 spiro atoms. The molecule has 2 aromatic rings. The highest BCUT2D eigenvalue weighted by Gasteiger charge is 2.25. The Hall–Kier alpha value is -1.58. The quantitative estimate of drug-likeness (QED) is 0.921. The number of hydrogen-bond donors (Lipinski definition) is 1. The predicted octanol–water partition coefficient (Wildman–Crippen LogP) is 4.08. The van der Waals surface area contributed by atoms with Crippen LogP contribution in [-0.2, 0) is 0 Å². The minimum atomic E-state index is 0.541. The van der Waals surface area contributed by atoms with Gasteiger partial charge in [0.2, 0.25) is 0 Å². The molecule has 2 aromatic heterocycles. The van der Waals surface area contributed by atoms with Gasteiger partial charge < -0.3 is 5.73 Å². The Balaban J connectivity index is 1.77. The summed E-state index contributed by atoms with van der Waals surface area (Å²) in [5.41, 5.74) is 8.75. The van der Waals surface area contributed by atoms with Crippen molar-refractivity contribution in [2.45, 2.75) is 64.7 Å². The van der Waals surface area contributed by atoms with Gasteiger partial charge in [-0.15, -0.1) is 10.2 Å². The minimum Gasteiger partial charge on any atom is -0.396 e. The predicted molar refractivity (Wildman–Crippen MR) is 86.4 cm³/mol. The summed E-state index contributed by atoms with van der Waals surface area (Å²) < 4.78 is 2.11. The topological polar surface area (TPSA) is 56.2 Å². The average molecular weight is 286 g/mol. The van der Waals surface area contributed by atoms with Crippen LogP contribution in [0.3, 0.4) is 0 Å². The van der Waals surface area contributed by atoms with Crippen LogP contribution >= 0.6 is 0 Å². The number of nitrogen functional groups attached to an aromatic ring is 1. The van der Waals surface area contributed by atoms with Gasteiger partial charge in [-0.1, -0.05) is 26.2 Å². The van der Waals surface area contributed by atoms with Crippen LogP contribution in [-0.4, -0.2) is 14.6 Å². The lowest BCUT2D eigenvalue weighted by atomic mass is 9.79. The number of unbranched alkanes of at least 4 members (excludes halogenated alkanes) is 1. The lowest BCUT2D eigenvalue weighted by Gasteiger charge is -2.27. The second-order valence-corrected chi connectivity index (χ2v) is 6.58. The van der Waals surface area contributed by atoms with E-state index in [9.17, 15) is 0 Å². The van der Waals surface area contributed by atoms with Crippen LogP contribution in [0.1, 0.15) is 69.2 Å². The molecule has 2 N–H and O–H groups in total. The number of hydrogen-bond acceptors (Lipinski definition) is 3. The summed E-state index contributed by atoms with van der Waals surface area (Å²) in [6.45, 7) is 4.35. The number of aryl methyl sites for hydroxylation is 1. The van der Waals surface area contributed by atoms with Gasteiger partial charge in [0, 0.05) is 12.1 Å². The number of fused-ring (bicyclic) bond motifs is 1. The zero-order valence-corrected chi connectivity index (χ0v) is 13.2. The van der Waals surface area contributed by atoms with E-state index in [0.29, 0.717) is 5.92 Å². The Morgan fingerprint density at radius 1 is 1.24 bits per heavy atom. The second kappa shape index (κ2) is 6.04. The Morgan fingerprint density at radius 3 is 2.71 bits per heavy atom. The first-order chi connectivity index (χ1) is 10.2. The van der Waals surface area contributed by atoms with Crippen molar-refractivity contribution in [3.05, 3.63) is 23.7 Å². The molecular weight excluding hydrogens is 260 g/mol. The molecule has 0 atom stereocenters. The van der Waals surface area contributed by atoms with Crippen molar-refractivity contribution in [2.75, 3.05) is 5.73 Å². The minimum absolute atomic E-state index is 0.541. The Bertz CT molecular complexity index is 609. The number of anilines is 1. The van der Waals surface area contributed by atoms with Crippen LogP contribution in [0.25, 0.3) is 5.65 Å². The molecule has 1 aliphatic carbocycles. The maximum Gasteiger partial charge on any atom is 0.184 e. The molecule has 21 heavy (non-hydrogen) atoms. The summed E-state index contributed by atoms with van der Waals surface area (Å²) in [6.07, 6.45) is 11.3. The third kappa shape index (κ3) is 2.89. The third-order valence-corrected chi connectivity index (χ3v) is 4.87. The number of nitrogens with zero attached hydrogens (tertiary/aromatic N) is 3. The average Bonchev–Trinajstić information content (AvgIpc) is 2.89. The smallest absolute Gasteiger partial charge is 0.184 e. The third-order valence-electron chi connectivity index (χ3n) is 4.87. The summed E-state index contributed by atoms with van der Waals surface area (Å²) in [5.74, 6) is 2.57. The summed E-state index contributed by atoms with van der Waals surface area (Å²) in [4.78, 5) is 0. The molecule has 0 aliphatic heterocycles. The van der Waals surface area contributed by atoms with E-state index in [1.807, 2.05) is 6.07 Å². The molecule has 4 nitrogen and oxygen atoms in total. The van der Waals surface area contributed by atoms with Crippen molar-refractivity contribution >= 4 is 11.3 Å². The fraction of sp³-hybridized carbons (Fsp3) is 0.647. The van der Waals surface area contributed by atoms with E-state index in [-0.39, 0.29) is 0 Å².